The van der Waals surface area contributed by atoms with Crippen molar-refractivity contribution < 1.29 is 14.6 Å². The number of carbonyl (C=O) groups is 1. The number of amides is 1. The molecule has 4 fully saturated rings. The molecule has 62 heavy (non-hydrogen) atoms. The lowest BCUT2D eigenvalue weighted by atomic mass is 9.70. The van der Waals surface area contributed by atoms with Gasteiger partial charge in [0.05, 0.1) is 16.9 Å². The number of piperidine rings is 1. The summed E-state index contributed by atoms with van der Waals surface area (Å²) < 4.78 is 9.44. The van der Waals surface area contributed by atoms with Crippen LogP contribution in [0.2, 0.25) is 5.15 Å². The van der Waals surface area contributed by atoms with Gasteiger partial charge in [0, 0.05) is 67.0 Å². The number of hydrogen-bond donors (Lipinski definition) is 4. The summed E-state index contributed by atoms with van der Waals surface area (Å²) in [5.74, 6) is 1.94. The van der Waals surface area contributed by atoms with E-state index in [1.54, 1.807) is 17.8 Å². The van der Waals surface area contributed by atoms with E-state index < -0.39 is 5.60 Å². The van der Waals surface area contributed by atoms with Crippen LogP contribution in [0.3, 0.4) is 0 Å². The number of aliphatic hydroxyl groups is 1. The highest BCUT2D eigenvalue weighted by Crippen LogP contribution is 2.49. The number of fused-ring (bicyclic) bond motifs is 1. The second-order valence-electron chi connectivity index (χ2n) is 18.9. The van der Waals surface area contributed by atoms with E-state index in [0.717, 1.165) is 74.6 Å². The summed E-state index contributed by atoms with van der Waals surface area (Å²) in [4.78, 5) is 39.3. The van der Waals surface area contributed by atoms with Gasteiger partial charge in [0.2, 0.25) is 0 Å². The Morgan fingerprint density at radius 1 is 1.00 bits per heavy atom. The highest BCUT2D eigenvalue weighted by atomic mass is 35.5. The van der Waals surface area contributed by atoms with Gasteiger partial charge < -0.3 is 25.0 Å². The Morgan fingerprint density at radius 3 is 2.56 bits per heavy atom. The van der Waals surface area contributed by atoms with Gasteiger partial charge in [-0.15, -0.1) is 4.91 Å². The number of carbonyl (C=O) groups excluding carboxylic acids is 1. The van der Waals surface area contributed by atoms with Crippen molar-refractivity contribution in [3.63, 3.8) is 0 Å². The number of halogens is 1. The molecule has 1 spiro atoms. The van der Waals surface area contributed by atoms with Crippen LogP contribution in [-0.2, 0) is 0 Å². The van der Waals surface area contributed by atoms with Crippen LogP contribution < -0.4 is 19.7 Å². The molecule has 2 saturated heterocycles. The number of anilines is 2. The monoisotopic (exact) mass is 875 g/mol. The Balaban J connectivity index is 0.868. The molecule has 3 aromatic carbocycles. The van der Waals surface area contributed by atoms with Gasteiger partial charge in [-0.25, -0.2) is 4.98 Å². The fraction of sp³-hybridized carbons (Fsp3) is 0.469. The van der Waals surface area contributed by atoms with Crippen LogP contribution in [-0.4, -0.2) is 70.2 Å². The first-order valence-corrected chi connectivity index (χ1v) is 23.6. The van der Waals surface area contributed by atoms with Crippen molar-refractivity contribution in [3.8, 4) is 11.5 Å². The maximum absolute atomic E-state index is 14.0. The van der Waals surface area contributed by atoms with E-state index >= 15 is 0 Å². The van der Waals surface area contributed by atoms with Gasteiger partial charge in [0.1, 0.15) is 17.1 Å². The molecule has 2 aliphatic carbocycles. The van der Waals surface area contributed by atoms with Crippen LogP contribution in [0.1, 0.15) is 112 Å². The van der Waals surface area contributed by atoms with Gasteiger partial charge in [-0.2, -0.15) is 0 Å². The number of nitroso groups, excluding NO2 is 1. The lowest BCUT2D eigenvalue weighted by molar-refractivity contribution is -0.0493. The number of likely N-dealkylation sites (tertiary alicyclic amines) is 1. The van der Waals surface area contributed by atoms with Crippen molar-refractivity contribution >= 4 is 57.6 Å². The molecule has 11 nitrogen and oxygen atoms in total. The van der Waals surface area contributed by atoms with Crippen molar-refractivity contribution in [3.05, 3.63) is 106 Å². The Bertz CT molecular complexity index is 2410. The van der Waals surface area contributed by atoms with Crippen molar-refractivity contribution in [1.82, 2.24) is 19.6 Å². The molecule has 13 heteroatoms. The maximum atomic E-state index is 14.0. The number of H-pyrrole nitrogens is 1. The molecule has 5 aromatic rings. The highest BCUT2D eigenvalue weighted by molar-refractivity contribution is 7.98. The predicted octanol–water partition coefficient (Wildman–Crippen LogP) is 11.6. The minimum atomic E-state index is -0.595. The molecule has 2 aliphatic heterocycles. The molecule has 4 N–H and O–H groups in total. The summed E-state index contributed by atoms with van der Waals surface area (Å²) in [5, 5.41) is 18.0. The van der Waals surface area contributed by atoms with E-state index in [9.17, 15) is 14.8 Å². The first-order chi connectivity index (χ1) is 30.0. The number of aromatic amines is 1. The third-order valence-electron chi connectivity index (χ3n) is 14.2. The summed E-state index contributed by atoms with van der Waals surface area (Å²) in [7, 11) is 0. The fourth-order valence-corrected chi connectivity index (χ4v) is 11.4. The average molecular weight is 877 g/mol. The van der Waals surface area contributed by atoms with Crippen LogP contribution in [0.5, 0.6) is 11.5 Å². The van der Waals surface area contributed by atoms with Gasteiger partial charge in [-0.1, -0.05) is 56.1 Å². The minimum Gasteiger partial charge on any atom is -0.453 e. The van der Waals surface area contributed by atoms with Crippen molar-refractivity contribution in [2.75, 3.05) is 42.9 Å². The topological polar surface area (TPSA) is 135 Å². The molecular weight excluding hydrogens is 818 g/mol. The molecule has 2 saturated carbocycles. The SMILES string of the molecule is CC(C)c1ccccc1[C@@H]1CCC[C@@H]1N1CC2(CCN(c3ccc(C(=O)NSc4ccc(NC[C@H]5CC[C@](C)(O)CC5)c(N=O)c4)c(Oc4cc5cc[nH]c5nc4Cl)c3)CC2)C1. The zero-order valence-electron chi connectivity index (χ0n) is 36.0. The van der Waals surface area contributed by atoms with Crippen molar-refractivity contribution in [2.45, 2.75) is 107 Å². The molecule has 0 unspecified atom stereocenters. The van der Waals surface area contributed by atoms with Crippen molar-refractivity contribution in [1.29, 1.82) is 0 Å². The lowest BCUT2D eigenvalue weighted by Gasteiger charge is -2.57. The van der Waals surface area contributed by atoms with Gasteiger partial charge in [0.25, 0.3) is 5.91 Å². The Kier molecular flexibility index (Phi) is 12.3. The van der Waals surface area contributed by atoms with Crippen LogP contribution in [0.25, 0.3) is 11.0 Å². The summed E-state index contributed by atoms with van der Waals surface area (Å²) in [6, 6.07) is 24.6. The zero-order valence-corrected chi connectivity index (χ0v) is 37.5. The number of benzene rings is 3. The number of hydrogen-bond acceptors (Lipinski definition) is 10. The van der Waals surface area contributed by atoms with E-state index in [1.807, 2.05) is 49.4 Å². The molecule has 0 bridgehead atoms. The number of aromatic nitrogens is 2. The van der Waals surface area contributed by atoms with E-state index in [2.05, 4.69) is 73.1 Å². The number of nitrogens with zero attached hydrogens (tertiary/aromatic N) is 4. The summed E-state index contributed by atoms with van der Waals surface area (Å²) in [5.41, 5.74) is 5.73. The van der Waals surface area contributed by atoms with E-state index in [-0.39, 0.29) is 16.7 Å². The largest absolute Gasteiger partial charge is 0.453 e. The second-order valence-corrected chi connectivity index (χ2v) is 20.1. The minimum absolute atomic E-state index is 0.190. The third-order valence-corrected chi connectivity index (χ3v) is 15.3. The number of pyridine rings is 1. The Hall–Kier alpha value is -4.62. The summed E-state index contributed by atoms with van der Waals surface area (Å²) >= 11 is 7.76. The van der Waals surface area contributed by atoms with Gasteiger partial charge in [-0.3, -0.25) is 14.4 Å². The van der Waals surface area contributed by atoms with E-state index in [0.29, 0.717) is 69.0 Å². The maximum Gasteiger partial charge on any atom is 0.265 e. The molecule has 9 rings (SSSR count). The molecule has 4 aliphatic rings. The van der Waals surface area contributed by atoms with Crippen LogP contribution in [0.4, 0.5) is 17.1 Å². The zero-order chi connectivity index (χ0) is 43.0. The second kappa shape index (κ2) is 17.9. The Labute approximate surface area is 373 Å². The fourth-order valence-electron chi connectivity index (χ4n) is 10.5. The molecule has 0 radical (unpaired) electrons. The average Bonchev–Trinajstić information content (AvgIpc) is 3.94. The number of ether oxygens (including phenoxy) is 1. The number of nitrogens with one attached hydrogen (secondary N) is 3. The van der Waals surface area contributed by atoms with Gasteiger partial charge in [0.15, 0.2) is 10.9 Å². The summed E-state index contributed by atoms with van der Waals surface area (Å²) in [6.07, 6.45) is 11.3. The first kappa shape index (κ1) is 42.7. The molecule has 326 valence electrons. The first-order valence-electron chi connectivity index (χ1n) is 22.4. The number of rotatable bonds is 13. The van der Waals surface area contributed by atoms with Crippen LogP contribution >= 0.6 is 23.5 Å². The van der Waals surface area contributed by atoms with E-state index in [1.165, 1.54) is 37.9 Å². The molecule has 2 aromatic heterocycles. The summed E-state index contributed by atoms with van der Waals surface area (Å²) in [6.45, 7) is 11.4. The van der Waals surface area contributed by atoms with E-state index in [4.69, 9.17) is 16.3 Å². The molecular formula is C49H58ClN7O4S. The smallest absolute Gasteiger partial charge is 0.265 e. The van der Waals surface area contributed by atoms with Crippen LogP contribution in [0.15, 0.2) is 89.1 Å². The van der Waals surface area contributed by atoms with Crippen molar-refractivity contribution in [2.24, 2.45) is 16.5 Å². The third kappa shape index (κ3) is 9.07. The highest BCUT2D eigenvalue weighted by Gasteiger charge is 2.49. The molecule has 1 amide bonds. The normalized spacial score (nSPS) is 23.7. The van der Waals surface area contributed by atoms with Gasteiger partial charge >= 0.3 is 0 Å². The predicted molar refractivity (Wildman–Crippen MR) is 250 cm³/mol. The molecule has 4 heterocycles. The lowest BCUT2D eigenvalue weighted by Crippen LogP contribution is -2.63. The standard InChI is InChI=1S/C49H58ClN7O4S/c1-31(2)36-7-4-5-8-37(36)38-9-6-10-42(38)57-29-49(30-57)20-23-56(24-21-49)34-11-13-39(43(26-34)61-44-25-33-17-22-51-46(33)53-45(44)50)47(58)55-62-35-12-14-40(41(27-35)54-60)52-28-32-15-18-48(3,59)19-16-32/h4-5,7-8,11-14,17,22,25-27,31-32,38,42,52,59H,6,9-10,15-16,18-21,23-24,28-30H2,1-3H3,(H,51,53)(H,55,58)/t32-,38-,42-,48-/m0/s1. The van der Waals surface area contributed by atoms with Crippen LogP contribution in [0, 0.1) is 16.2 Å². The Morgan fingerprint density at radius 2 is 1.79 bits per heavy atom. The van der Waals surface area contributed by atoms with Gasteiger partial charge in [-0.05, 0) is 152 Å². The quantitative estimate of drug-likeness (QED) is 0.0518. The molecule has 2 atom stereocenters.